The first-order valence-electron chi connectivity index (χ1n) is 50.6. The Kier molecular flexibility index (Phi) is 56.4. The normalized spacial score (nSPS) is 12.3. The number of carbonyl (C=O) groups excluding carboxylic acids is 5. The number of nitrogens with zero attached hydrogens (tertiary/aromatic N) is 3. The molecule has 4 atom stereocenters. The number of nitrogens with two attached hydrogens (primary N) is 1. The van der Waals surface area contributed by atoms with Crippen LogP contribution in [-0.2, 0) is 54.5 Å². The van der Waals surface area contributed by atoms with Crippen LogP contribution in [0.1, 0.15) is 381 Å². The van der Waals surface area contributed by atoms with Crippen LogP contribution in [0.2, 0.25) is 0 Å². The zero-order chi connectivity index (χ0) is 93.5. The van der Waals surface area contributed by atoms with Crippen LogP contribution in [-0.4, -0.2) is 101 Å². The van der Waals surface area contributed by atoms with Crippen molar-refractivity contribution in [3.8, 4) is 45.6 Å². The molecule has 20 nitrogen and oxygen atoms in total. The molecule has 0 aliphatic rings. The van der Waals surface area contributed by atoms with Gasteiger partial charge in [-0.2, -0.15) is 0 Å². The third-order valence-electron chi connectivity index (χ3n) is 24.5. The van der Waals surface area contributed by atoms with E-state index in [0.717, 1.165) is 95.4 Å². The summed E-state index contributed by atoms with van der Waals surface area (Å²) in [6, 6.07) is 33.7. The van der Waals surface area contributed by atoms with E-state index in [9.17, 15) is 14.4 Å². The fourth-order valence-corrected chi connectivity index (χ4v) is 17.0. The van der Waals surface area contributed by atoms with Crippen LogP contribution in [0.3, 0.4) is 0 Å². The van der Waals surface area contributed by atoms with Crippen molar-refractivity contribution >= 4 is 29.6 Å². The average molecular weight is 1790 g/mol. The molecule has 20 heteroatoms. The van der Waals surface area contributed by atoms with Crippen molar-refractivity contribution in [3.63, 3.8) is 0 Å². The molecule has 6 aromatic rings. The molecule has 0 fully saturated rings. The van der Waals surface area contributed by atoms with Gasteiger partial charge in [0.05, 0.1) is 52.5 Å². The molecule has 0 heterocycles. The van der Waals surface area contributed by atoms with E-state index in [1.165, 1.54) is 231 Å². The standard InChI is InChI=1S/C110H168N8O12/c1-11-14-16-18-20-22-24-26-28-30-32-34-36-38-40-42-44-46-48-51-72-127-96-66-63-92(102(81-96)128-74-52-49-47-45-43-41-39-37-35-33-31-29-27-25-23-21-19-17-15-12-2)83-113-104(119)84-129-93-64-61-91(62-65-93)106(98-70-67-94(124-9)80-103(98)125-10)117-108(122)100(56-54-55-88-76-85(4)75-86(5)77-88)115-109(123)101(116-107(121)99(111)82-105(120)130-110(6,7)8)78-87-57-59-90(60-58-87)97-69-68-95(79-89(97)13-3)126-73-53-50-71-114-118-112/h57-70,75-77,79-81,99-101,106H,11-56,71-74,78,82-84,111H2,1-10H3,(H,113,119)(H,115,123)(H,116,121)(H,117,122)/t99-,100-,101-,106?/m0/s1. The van der Waals surface area contributed by atoms with Crippen LogP contribution in [0.15, 0.2) is 126 Å². The number of nitrogens with one attached hydrogen (secondary N) is 4. The highest BCUT2D eigenvalue weighted by atomic mass is 16.6. The van der Waals surface area contributed by atoms with E-state index in [2.05, 4.69) is 70.3 Å². The van der Waals surface area contributed by atoms with Gasteiger partial charge in [0.2, 0.25) is 17.7 Å². The molecule has 0 bridgehead atoms. The predicted molar refractivity (Wildman–Crippen MR) is 532 cm³/mol. The first-order valence-corrected chi connectivity index (χ1v) is 50.6. The number of carbonyl (C=O) groups is 5. The minimum absolute atomic E-state index is 0.0122. The van der Waals surface area contributed by atoms with Gasteiger partial charge in [-0.05, 0) is 173 Å². The second kappa shape index (κ2) is 67.0. The van der Waals surface area contributed by atoms with E-state index >= 15 is 9.59 Å². The quantitative estimate of drug-likeness (QED) is 0.00782. The molecule has 6 aromatic carbocycles. The molecule has 6 N–H and O–H groups in total. The molecule has 0 saturated heterocycles. The van der Waals surface area contributed by atoms with Crippen molar-refractivity contribution < 1.29 is 57.1 Å². The Labute approximate surface area is 783 Å². The molecular formula is C110H168N8O12. The minimum Gasteiger partial charge on any atom is -0.497 e. The summed E-state index contributed by atoms with van der Waals surface area (Å²) in [4.78, 5) is 74.8. The van der Waals surface area contributed by atoms with E-state index in [0.29, 0.717) is 78.9 Å². The fourth-order valence-electron chi connectivity index (χ4n) is 17.0. The highest BCUT2D eigenvalue weighted by molar-refractivity contribution is 5.94. The number of azide groups is 1. The van der Waals surface area contributed by atoms with E-state index in [4.69, 9.17) is 44.4 Å². The van der Waals surface area contributed by atoms with Gasteiger partial charge in [0, 0.05) is 47.7 Å². The van der Waals surface area contributed by atoms with Gasteiger partial charge in [0.25, 0.3) is 5.91 Å². The summed E-state index contributed by atoms with van der Waals surface area (Å²) < 4.78 is 42.3. The smallest absolute Gasteiger partial charge is 0.308 e. The number of methoxy groups -OCH3 is 2. The number of amides is 4. The third-order valence-corrected chi connectivity index (χ3v) is 24.5. The van der Waals surface area contributed by atoms with Crippen LogP contribution in [0.5, 0.6) is 34.5 Å². The topological polar surface area (TPSA) is 273 Å². The van der Waals surface area contributed by atoms with Crippen LogP contribution >= 0.6 is 0 Å². The van der Waals surface area contributed by atoms with Crippen molar-refractivity contribution in [3.05, 3.63) is 176 Å². The Bertz CT molecular complexity index is 4140. The number of hydrogen-bond acceptors (Lipinski definition) is 14. The lowest BCUT2D eigenvalue weighted by Crippen LogP contribution is -2.57. The summed E-state index contributed by atoms with van der Waals surface area (Å²) in [6.07, 6.45) is 56.3. The first kappa shape index (κ1) is 109. The van der Waals surface area contributed by atoms with Gasteiger partial charge in [-0.1, -0.05) is 342 Å². The Morgan fingerprint density at radius 3 is 1.40 bits per heavy atom. The third kappa shape index (κ3) is 47.2. The Hall–Kier alpha value is -9.26. The van der Waals surface area contributed by atoms with E-state index in [1.807, 2.05) is 92.7 Å². The van der Waals surface area contributed by atoms with Crippen molar-refractivity contribution in [2.45, 2.75) is 400 Å². The maximum Gasteiger partial charge on any atom is 0.308 e. The SMILES string of the molecule is CCCCCCCCCCCCCCCCCCCCCCOc1ccc(CNC(=O)COc2ccc(C(NC(=O)[C@H](CCCc3cc(C)cc(C)c3)NC(=O)[C@H](Cc3ccc(-c4ccc(OCCCCN=[N+]=[N-])cc4CC)cc3)NC(=O)[C@@H](N)CC(=O)OC(C)(C)C)c3ccc(OC)cc3OC)cc2)c(OCCCCCCCCCCCCCCCCCCCCCC)c1. The zero-order valence-electron chi connectivity index (χ0n) is 81.9. The van der Waals surface area contributed by atoms with E-state index in [1.54, 1.807) is 59.3 Å². The zero-order valence-corrected chi connectivity index (χ0v) is 81.9. The van der Waals surface area contributed by atoms with Gasteiger partial charge in [-0.15, -0.1) is 0 Å². The molecule has 0 aliphatic heterocycles. The Morgan fingerprint density at radius 2 is 0.900 bits per heavy atom. The monoisotopic (exact) mass is 1790 g/mol. The fraction of sp³-hybridized carbons (Fsp3) is 0.627. The number of rotatable bonds is 75. The summed E-state index contributed by atoms with van der Waals surface area (Å²) >= 11 is 0. The molecule has 0 aliphatic carbocycles. The van der Waals surface area contributed by atoms with Crippen LogP contribution in [0, 0.1) is 13.8 Å². The number of benzene rings is 6. The number of hydrogen-bond donors (Lipinski definition) is 5. The van der Waals surface area contributed by atoms with Gasteiger partial charge < -0.3 is 60.2 Å². The molecule has 0 spiro atoms. The Balaban J connectivity index is 1.11. The second-order valence-corrected chi connectivity index (χ2v) is 37.1. The molecule has 130 heavy (non-hydrogen) atoms. The number of unbranched alkanes of at least 4 members (excludes halogenated alkanes) is 39. The summed E-state index contributed by atoms with van der Waals surface area (Å²) in [5.74, 6) is 0.618. The highest BCUT2D eigenvalue weighted by Crippen LogP contribution is 2.36. The van der Waals surface area contributed by atoms with Crippen LogP contribution in [0.25, 0.3) is 21.6 Å². The summed E-state index contributed by atoms with van der Waals surface area (Å²) in [6.45, 7) is 18.0. The van der Waals surface area contributed by atoms with Crippen LogP contribution < -0.4 is 55.4 Å². The number of aryl methyl sites for hydroxylation is 4. The largest absolute Gasteiger partial charge is 0.497 e. The van der Waals surface area contributed by atoms with Gasteiger partial charge in [0.15, 0.2) is 6.61 Å². The van der Waals surface area contributed by atoms with Gasteiger partial charge in [-0.25, -0.2) is 0 Å². The van der Waals surface area contributed by atoms with Gasteiger partial charge >= 0.3 is 5.97 Å². The molecule has 1 unspecified atom stereocenters. The van der Waals surface area contributed by atoms with Crippen molar-refractivity contribution in [1.82, 2.24) is 21.3 Å². The second-order valence-electron chi connectivity index (χ2n) is 37.1. The minimum atomic E-state index is -1.37. The van der Waals surface area contributed by atoms with Gasteiger partial charge in [-0.3, -0.25) is 24.0 Å². The lowest BCUT2D eigenvalue weighted by atomic mass is 9.95. The van der Waals surface area contributed by atoms with E-state index in [-0.39, 0.29) is 31.9 Å². The highest BCUT2D eigenvalue weighted by Gasteiger charge is 2.33. The maximum atomic E-state index is 15.5. The van der Waals surface area contributed by atoms with Crippen LogP contribution in [0.4, 0.5) is 0 Å². The maximum absolute atomic E-state index is 15.5. The molecule has 0 radical (unpaired) electrons. The van der Waals surface area contributed by atoms with Crippen molar-refractivity contribution in [2.24, 2.45) is 10.8 Å². The molecule has 0 saturated carbocycles. The van der Waals surface area contributed by atoms with Crippen molar-refractivity contribution in [2.75, 3.05) is 47.2 Å². The molecule has 4 amide bonds. The average Bonchev–Trinajstić information content (AvgIpc) is 0.777. The summed E-state index contributed by atoms with van der Waals surface area (Å²) in [5.41, 5.74) is 23.3. The lowest BCUT2D eigenvalue weighted by molar-refractivity contribution is -0.156. The number of esters is 1. The molecule has 0 aromatic heterocycles. The molecular weight excluding hydrogens is 1630 g/mol. The first-order chi connectivity index (χ1) is 63.2. The Morgan fingerprint density at radius 1 is 0.438 bits per heavy atom. The van der Waals surface area contributed by atoms with Gasteiger partial charge in [0.1, 0.15) is 52.2 Å². The molecule has 6 rings (SSSR count). The summed E-state index contributed by atoms with van der Waals surface area (Å²) in [7, 11) is 3.10. The van der Waals surface area contributed by atoms with Crippen molar-refractivity contribution in [1.29, 1.82) is 0 Å². The van der Waals surface area contributed by atoms with E-state index < -0.39 is 59.9 Å². The molecule has 720 valence electrons. The number of ether oxygens (including phenoxy) is 7. The lowest BCUT2D eigenvalue weighted by Gasteiger charge is -2.28. The summed E-state index contributed by atoms with van der Waals surface area (Å²) in [5, 5.41) is 15.9. The predicted octanol–water partition coefficient (Wildman–Crippen LogP) is 26.6.